The maximum atomic E-state index is 13.8. The molecule has 1 aliphatic carbocycles. The molecule has 5 nitrogen and oxygen atoms in total. The molecule has 2 aromatic rings. The molecule has 4 rings (SSSR count). The van der Waals surface area contributed by atoms with Crippen LogP contribution in [0.2, 0.25) is 0 Å². The average molecular weight is 541 g/mol. The fraction of sp³-hybridized carbons (Fsp3) is 0.217. The number of aromatic hydroxyl groups is 1. The second-order valence-corrected chi connectivity index (χ2v) is 9.68. The molecule has 1 N–H and O–H groups in total. The van der Waals surface area contributed by atoms with Gasteiger partial charge in [-0.3, -0.25) is 9.59 Å². The van der Waals surface area contributed by atoms with Crippen molar-refractivity contribution < 1.29 is 23.8 Å². The number of phenols is 1. The number of anilines is 1. The lowest BCUT2D eigenvalue weighted by molar-refractivity contribution is -0.122. The van der Waals surface area contributed by atoms with Gasteiger partial charge in [0.05, 0.1) is 12.8 Å². The van der Waals surface area contributed by atoms with E-state index in [1.807, 2.05) is 0 Å². The predicted octanol–water partition coefficient (Wildman–Crippen LogP) is 5.43. The standard InChI is InChI=1S/C23H17BrCl2FNO4/c1-3-12-8-9-22(25)20(30)28(15-6-4-14(27)5-7-15)21(31)23(22,26)18(12)16-10-13(24)11-17(32-2)19(16)29/h3-8,10-11,18,29H,1,9H2,2H3/t18-,22-,23+/m1/s1. The first-order valence-corrected chi connectivity index (χ1v) is 11.1. The molecule has 0 bridgehead atoms. The van der Waals surface area contributed by atoms with E-state index in [9.17, 15) is 19.1 Å². The Labute approximate surface area is 202 Å². The number of allylic oxidation sites excluding steroid dienone is 3. The van der Waals surface area contributed by atoms with Gasteiger partial charge < -0.3 is 9.84 Å². The van der Waals surface area contributed by atoms with Crippen LogP contribution in [0.3, 0.4) is 0 Å². The lowest BCUT2D eigenvalue weighted by Gasteiger charge is -2.42. The smallest absolute Gasteiger partial charge is 0.258 e. The summed E-state index contributed by atoms with van der Waals surface area (Å²) in [5, 5.41) is 10.9. The number of alkyl halides is 2. The van der Waals surface area contributed by atoms with Gasteiger partial charge in [-0.2, -0.15) is 0 Å². The largest absolute Gasteiger partial charge is 0.504 e. The van der Waals surface area contributed by atoms with Crippen molar-refractivity contribution in [3.63, 3.8) is 0 Å². The molecule has 9 heteroatoms. The molecule has 1 fully saturated rings. The number of hydrogen-bond acceptors (Lipinski definition) is 4. The van der Waals surface area contributed by atoms with E-state index in [1.54, 1.807) is 18.2 Å². The molecule has 0 aromatic heterocycles. The van der Waals surface area contributed by atoms with Gasteiger partial charge in [-0.25, -0.2) is 9.29 Å². The van der Waals surface area contributed by atoms with Gasteiger partial charge in [0.1, 0.15) is 5.82 Å². The van der Waals surface area contributed by atoms with E-state index < -0.39 is 33.3 Å². The first-order chi connectivity index (χ1) is 15.1. The molecule has 0 unspecified atom stereocenters. The summed E-state index contributed by atoms with van der Waals surface area (Å²) >= 11 is 17.3. The van der Waals surface area contributed by atoms with Gasteiger partial charge in [0.2, 0.25) is 0 Å². The third-order valence-electron chi connectivity index (χ3n) is 5.90. The van der Waals surface area contributed by atoms with Gasteiger partial charge in [-0.15, -0.1) is 23.2 Å². The predicted molar refractivity (Wildman–Crippen MR) is 124 cm³/mol. The number of carbonyl (C=O) groups excluding carboxylic acids is 2. The second-order valence-electron chi connectivity index (χ2n) is 7.53. The van der Waals surface area contributed by atoms with Gasteiger partial charge in [-0.05, 0) is 48.4 Å². The fourth-order valence-corrected chi connectivity index (χ4v) is 5.63. The molecule has 1 aliphatic heterocycles. The van der Waals surface area contributed by atoms with Crippen LogP contribution in [0.15, 0.2) is 65.2 Å². The Kier molecular flexibility index (Phi) is 5.64. The summed E-state index contributed by atoms with van der Waals surface area (Å²) in [6, 6.07) is 8.02. The molecule has 2 aromatic carbocycles. The quantitative estimate of drug-likeness (QED) is 0.415. The van der Waals surface area contributed by atoms with Crippen LogP contribution in [-0.2, 0) is 9.59 Å². The molecule has 166 valence electrons. The Morgan fingerprint density at radius 3 is 2.50 bits per heavy atom. The minimum atomic E-state index is -2.00. The van der Waals surface area contributed by atoms with Gasteiger partial charge in [0.25, 0.3) is 11.8 Å². The Balaban J connectivity index is 1.97. The third-order valence-corrected chi connectivity index (χ3v) is 7.78. The molecule has 2 aliphatic rings. The van der Waals surface area contributed by atoms with E-state index in [-0.39, 0.29) is 29.2 Å². The van der Waals surface area contributed by atoms with E-state index in [4.69, 9.17) is 27.9 Å². The van der Waals surface area contributed by atoms with Crippen molar-refractivity contribution in [3.05, 3.63) is 76.6 Å². The van der Waals surface area contributed by atoms with Crippen molar-refractivity contribution in [3.8, 4) is 11.5 Å². The van der Waals surface area contributed by atoms with Gasteiger partial charge >= 0.3 is 0 Å². The summed E-state index contributed by atoms with van der Waals surface area (Å²) in [5.41, 5.74) is 0.906. The Morgan fingerprint density at radius 2 is 1.91 bits per heavy atom. The number of imide groups is 1. The number of methoxy groups -OCH3 is 1. The van der Waals surface area contributed by atoms with Crippen molar-refractivity contribution >= 4 is 56.6 Å². The summed E-state index contributed by atoms with van der Waals surface area (Å²) < 4.78 is 19.2. The van der Waals surface area contributed by atoms with Crippen LogP contribution in [0, 0.1) is 5.82 Å². The average Bonchev–Trinajstić information content (AvgIpc) is 2.92. The topological polar surface area (TPSA) is 66.8 Å². The zero-order chi connectivity index (χ0) is 23.4. The molecule has 0 spiro atoms. The van der Waals surface area contributed by atoms with Gasteiger partial charge in [-0.1, -0.05) is 34.7 Å². The summed E-state index contributed by atoms with van der Waals surface area (Å²) in [6.45, 7) is 3.81. The van der Waals surface area contributed by atoms with Crippen molar-refractivity contribution in [2.24, 2.45) is 0 Å². The minimum Gasteiger partial charge on any atom is -0.504 e. The van der Waals surface area contributed by atoms with Crippen molar-refractivity contribution in [1.82, 2.24) is 0 Å². The molecular formula is C23H17BrCl2FNO4. The number of amides is 2. The molecule has 3 atom stereocenters. The summed E-state index contributed by atoms with van der Waals surface area (Å²) in [7, 11) is 1.39. The molecule has 2 amide bonds. The molecule has 1 saturated heterocycles. The van der Waals surface area contributed by atoms with Crippen LogP contribution in [0.5, 0.6) is 11.5 Å². The second kappa shape index (κ2) is 7.90. The highest BCUT2D eigenvalue weighted by Crippen LogP contribution is 2.61. The SMILES string of the molecule is C=CC1=CC[C@@]2(Cl)C(=O)N(c3ccc(F)cc3)C(=O)[C@@]2(Cl)[C@H]1c1cc(Br)cc(OC)c1O. The van der Waals surface area contributed by atoms with E-state index in [0.717, 1.165) is 17.0 Å². The molecule has 0 saturated carbocycles. The van der Waals surface area contributed by atoms with Crippen LogP contribution < -0.4 is 9.64 Å². The first-order valence-electron chi connectivity index (χ1n) is 9.51. The van der Waals surface area contributed by atoms with E-state index >= 15 is 0 Å². The van der Waals surface area contributed by atoms with Crippen LogP contribution in [0.25, 0.3) is 0 Å². The number of halogens is 4. The number of hydrogen-bond donors (Lipinski definition) is 1. The normalized spacial score (nSPS) is 27.2. The number of ether oxygens (including phenoxy) is 1. The third kappa shape index (κ3) is 3.02. The number of nitrogens with zero attached hydrogens (tertiary/aromatic N) is 1. The lowest BCUT2D eigenvalue weighted by atomic mass is 9.68. The molecule has 0 radical (unpaired) electrons. The maximum Gasteiger partial charge on any atom is 0.258 e. The zero-order valence-electron chi connectivity index (χ0n) is 16.7. The number of rotatable bonds is 4. The van der Waals surface area contributed by atoms with Crippen molar-refractivity contribution in [1.29, 1.82) is 0 Å². The highest BCUT2D eigenvalue weighted by atomic mass is 79.9. The van der Waals surface area contributed by atoms with E-state index in [1.165, 1.54) is 25.3 Å². The fourth-order valence-electron chi connectivity index (χ4n) is 4.34. The van der Waals surface area contributed by atoms with Gasteiger partial charge in [0, 0.05) is 16.0 Å². The van der Waals surface area contributed by atoms with Crippen LogP contribution in [-0.4, -0.2) is 33.8 Å². The highest BCUT2D eigenvalue weighted by Gasteiger charge is 2.73. The zero-order valence-corrected chi connectivity index (χ0v) is 19.8. The Hall–Kier alpha value is -2.35. The summed E-state index contributed by atoms with van der Waals surface area (Å²) in [6.07, 6.45) is 3.15. The van der Waals surface area contributed by atoms with Crippen molar-refractivity contribution in [2.75, 3.05) is 12.0 Å². The number of carbonyl (C=O) groups is 2. The highest BCUT2D eigenvalue weighted by molar-refractivity contribution is 9.10. The maximum absolute atomic E-state index is 13.8. The summed E-state index contributed by atoms with van der Waals surface area (Å²) in [4.78, 5) is 24.2. The Morgan fingerprint density at radius 1 is 1.25 bits per heavy atom. The van der Waals surface area contributed by atoms with Crippen LogP contribution >= 0.6 is 39.1 Å². The minimum absolute atomic E-state index is 0.0376. The van der Waals surface area contributed by atoms with E-state index in [0.29, 0.717) is 10.0 Å². The molecule has 32 heavy (non-hydrogen) atoms. The Bertz CT molecular complexity index is 1190. The molecular weight excluding hydrogens is 524 g/mol. The van der Waals surface area contributed by atoms with E-state index in [2.05, 4.69) is 22.5 Å². The summed E-state index contributed by atoms with van der Waals surface area (Å²) in [5.74, 6) is -3.14. The van der Waals surface area contributed by atoms with Crippen LogP contribution in [0.1, 0.15) is 17.9 Å². The number of benzene rings is 2. The lowest BCUT2D eigenvalue weighted by Crippen LogP contribution is -2.54. The van der Waals surface area contributed by atoms with Crippen molar-refractivity contribution in [2.45, 2.75) is 22.1 Å². The monoisotopic (exact) mass is 539 g/mol. The van der Waals surface area contributed by atoms with Crippen LogP contribution in [0.4, 0.5) is 10.1 Å². The number of fused-ring (bicyclic) bond motifs is 1. The number of phenolic OH excluding ortho intramolecular Hbond substituents is 1. The van der Waals surface area contributed by atoms with Gasteiger partial charge in [0.15, 0.2) is 21.2 Å². The first kappa shape index (κ1) is 22.8. The molecule has 1 heterocycles.